The average molecular weight is 274 g/mol. The molecule has 2 unspecified atom stereocenters. The van der Waals surface area contributed by atoms with Crippen molar-refractivity contribution in [1.82, 2.24) is 10.2 Å². The first kappa shape index (κ1) is 15.5. The van der Waals surface area contributed by atoms with Crippen LogP contribution in [0.2, 0.25) is 0 Å². The molecule has 2 atom stereocenters. The quantitative estimate of drug-likeness (QED) is 0.847. The van der Waals surface area contributed by atoms with Crippen LogP contribution in [-0.2, 0) is 0 Å². The maximum atomic E-state index is 3.38. The Labute approximate surface area is 124 Å². The molecule has 1 aliphatic rings. The summed E-state index contributed by atoms with van der Waals surface area (Å²) in [6.07, 6.45) is 6.91. The maximum Gasteiger partial charge on any atom is 0.0472 e. The molecule has 1 aromatic carbocycles. The van der Waals surface area contributed by atoms with Crippen LogP contribution in [0.4, 0.5) is 0 Å². The Balaban J connectivity index is 2.02. The molecule has 2 nitrogen and oxygen atoms in total. The van der Waals surface area contributed by atoms with Crippen LogP contribution in [-0.4, -0.2) is 31.6 Å². The molecule has 112 valence electrons. The molecule has 1 aliphatic heterocycles. The molecule has 20 heavy (non-hydrogen) atoms. The standard InChI is InChI=1S/C18H30N2/c1-3-8-16-9-7-13-20(14-12-16)18(15-19-2)17-10-5-4-6-11-17/h4-6,10-11,16,18-19H,3,7-9,12-15H2,1-2H3. The number of benzene rings is 1. The Morgan fingerprint density at radius 2 is 2.00 bits per heavy atom. The minimum atomic E-state index is 0.529. The van der Waals surface area contributed by atoms with E-state index in [1.165, 1.54) is 50.8 Å². The molecule has 0 aromatic heterocycles. The van der Waals surface area contributed by atoms with Crippen molar-refractivity contribution in [3.05, 3.63) is 35.9 Å². The fourth-order valence-electron chi connectivity index (χ4n) is 3.52. The number of likely N-dealkylation sites (tertiary alicyclic amines) is 1. The third-order valence-electron chi connectivity index (χ3n) is 4.60. The molecule has 0 amide bonds. The van der Waals surface area contributed by atoms with Gasteiger partial charge >= 0.3 is 0 Å². The summed E-state index contributed by atoms with van der Waals surface area (Å²) in [4.78, 5) is 2.70. The highest BCUT2D eigenvalue weighted by Crippen LogP contribution is 2.27. The molecule has 1 N–H and O–H groups in total. The minimum absolute atomic E-state index is 0.529. The molecule has 2 heteroatoms. The van der Waals surface area contributed by atoms with E-state index in [1.54, 1.807) is 0 Å². The number of nitrogens with one attached hydrogen (secondary N) is 1. The van der Waals surface area contributed by atoms with Gasteiger partial charge in [0.25, 0.3) is 0 Å². The monoisotopic (exact) mass is 274 g/mol. The highest BCUT2D eigenvalue weighted by molar-refractivity contribution is 5.19. The first-order valence-electron chi connectivity index (χ1n) is 8.28. The first-order chi connectivity index (χ1) is 9.85. The molecular weight excluding hydrogens is 244 g/mol. The van der Waals surface area contributed by atoms with Crippen molar-refractivity contribution < 1.29 is 0 Å². The highest BCUT2D eigenvalue weighted by Gasteiger charge is 2.23. The van der Waals surface area contributed by atoms with Crippen LogP contribution in [0, 0.1) is 5.92 Å². The summed E-state index contributed by atoms with van der Waals surface area (Å²) in [5, 5.41) is 3.38. The molecule has 0 saturated carbocycles. The second-order valence-corrected chi connectivity index (χ2v) is 6.11. The molecule has 1 fully saturated rings. The van der Waals surface area contributed by atoms with E-state index < -0.39 is 0 Å². The summed E-state index contributed by atoms with van der Waals surface area (Å²) in [5.41, 5.74) is 1.45. The van der Waals surface area contributed by atoms with Crippen molar-refractivity contribution in [3.8, 4) is 0 Å². The summed E-state index contributed by atoms with van der Waals surface area (Å²) in [5.74, 6) is 0.955. The topological polar surface area (TPSA) is 15.3 Å². The largest absolute Gasteiger partial charge is 0.318 e. The lowest BCUT2D eigenvalue weighted by Crippen LogP contribution is -2.35. The second-order valence-electron chi connectivity index (χ2n) is 6.11. The van der Waals surface area contributed by atoms with Gasteiger partial charge in [0.05, 0.1) is 0 Å². The third kappa shape index (κ3) is 4.32. The lowest BCUT2D eigenvalue weighted by molar-refractivity contribution is 0.199. The molecule has 2 rings (SSSR count). The predicted molar refractivity (Wildman–Crippen MR) is 86.9 cm³/mol. The summed E-state index contributed by atoms with van der Waals surface area (Å²) >= 11 is 0. The molecule has 0 aliphatic carbocycles. The molecule has 1 saturated heterocycles. The number of hydrogen-bond donors (Lipinski definition) is 1. The lowest BCUT2D eigenvalue weighted by atomic mass is 9.96. The van der Waals surface area contributed by atoms with E-state index in [0.29, 0.717) is 6.04 Å². The molecule has 0 radical (unpaired) electrons. The highest BCUT2D eigenvalue weighted by atomic mass is 15.2. The van der Waals surface area contributed by atoms with Gasteiger partial charge in [0.1, 0.15) is 0 Å². The Morgan fingerprint density at radius 1 is 1.20 bits per heavy atom. The van der Waals surface area contributed by atoms with Crippen LogP contribution < -0.4 is 5.32 Å². The summed E-state index contributed by atoms with van der Waals surface area (Å²) in [6.45, 7) is 5.87. The predicted octanol–water partition coefficient (Wildman–Crippen LogP) is 3.85. The van der Waals surface area contributed by atoms with Gasteiger partial charge in [-0.1, -0.05) is 50.1 Å². The summed E-state index contributed by atoms with van der Waals surface area (Å²) in [7, 11) is 2.06. The SMILES string of the molecule is CCCC1CCCN(C(CNC)c2ccccc2)CC1. The van der Waals surface area contributed by atoms with Crippen molar-refractivity contribution in [2.45, 2.75) is 45.1 Å². The lowest BCUT2D eigenvalue weighted by Gasteiger charge is -2.31. The average Bonchev–Trinajstić information content (AvgIpc) is 2.72. The first-order valence-corrected chi connectivity index (χ1v) is 8.28. The van der Waals surface area contributed by atoms with E-state index in [2.05, 4.69) is 54.5 Å². The van der Waals surface area contributed by atoms with Crippen molar-refractivity contribution in [2.24, 2.45) is 5.92 Å². The second kappa shape index (κ2) is 8.43. The zero-order chi connectivity index (χ0) is 14.2. The normalized spacial score (nSPS) is 22.4. The third-order valence-corrected chi connectivity index (χ3v) is 4.60. The van der Waals surface area contributed by atoms with Gasteiger partial charge in [-0.2, -0.15) is 0 Å². The van der Waals surface area contributed by atoms with Gasteiger partial charge in [-0.05, 0) is 50.9 Å². The van der Waals surface area contributed by atoms with Gasteiger partial charge in [0.15, 0.2) is 0 Å². The number of rotatable bonds is 6. The Morgan fingerprint density at radius 3 is 2.70 bits per heavy atom. The fraction of sp³-hybridized carbons (Fsp3) is 0.667. The summed E-state index contributed by atoms with van der Waals surface area (Å²) < 4.78 is 0. The molecular formula is C18H30N2. The van der Waals surface area contributed by atoms with Crippen LogP contribution in [0.25, 0.3) is 0 Å². The van der Waals surface area contributed by atoms with Crippen molar-refractivity contribution in [2.75, 3.05) is 26.7 Å². The van der Waals surface area contributed by atoms with Crippen molar-refractivity contribution >= 4 is 0 Å². The Kier molecular flexibility index (Phi) is 6.55. The van der Waals surface area contributed by atoms with Gasteiger partial charge in [-0.15, -0.1) is 0 Å². The Hall–Kier alpha value is -0.860. The zero-order valence-electron chi connectivity index (χ0n) is 13.1. The maximum absolute atomic E-state index is 3.38. The van der Waals surface area contributed by atoms with Gasteiger partial charge in [-0.3, -0.25) is 4.90 Å². The number of hydrogen-bond acceptors (Lipinski definition) is 2. The van der Waals surface area contributed by atoms with E-state index in [1.807, 2.05) is 0 Å². The van der Waals surface area contributed by atoms with Crippen LogP contribution >= 0.6 is 0 Å². The number of likely N-dealkylation sites (N-methyl/N-ethyl adjacent to an activating group) is 1. The minimum Gasteiger partial charge on any atom is -0.318 e. The van der Waals surface area contributed by atoms with E-state index in [9.17, 15) is 0 Å². The van der Waals surface area contributed by atoms with Gasteiger partial charge in [0.2, 0.25) is 0 Å². The molecule has 1 aromatic rings. The summed E-state index contributed by atoms with van der Waals surface area (Å²) in [6, 6.07) is 11.5. The van der Waals surface area contributed by atoms with Gasteiger partial charge in [0, 0.05) is 12.6 Å². The molecule has 1 heterocycles. The van der Waals surface area contributed by atoms with E-state index in [-0.39, 0.29) is 0 Å². The van der Waals surface area contributed by atoms with Crippen LogP contribution in [0.1, 0.15) is 50.6 Å². The van der Waals surface area contributed by atoms with Crippen molar-refractivity contribution in [1.29, 1.82) is 0 Å². The van der Waals surface area contributed by atoms with Crippen LogP contribution in [0.3, 0.4) is 0 Å². The molecule has 0 spiro atoms. The van der Waals surface area contributed by atoms with Gasteiger partial charge in [-0.25, -0.2) is 0 Å². The number of nitrogens with zero attached hydrogens (tertiary/aromatic N) is 1. The Bertz CT molecular complexity index is 363. The van der Waals surface area contributed by atoms with Crippen molar-refractivity contribution in [3.63, 3.8) is 0 Å². The molecule has 0 bridgehead atoms. The van der Waals surface area contributed by atoms with Gasteiger partial charge < -0.3 is 5.32 Å². The van der Waals surface area contributed by atoms with E-state index in [4.69, 9.17) is 0 Å². The fourth-order valence-corrected chi connectivity index (χ4v) is 3.52. The van der Waals surface area contributed by atoms with Crippen LogP contribution in [0.5, 0.6) is 0 Å². The van der Waals surface area contributed by atoms with E-state index in [0.717, 1.165) is 12.5 Å². The smallest absolute Gasteiger partial charge is 0.0472 e. The van der Waals surface area contributed by atoms with Crippen LogP contribution in [0.15, 0.2) is 30.3 Å². The zero-order valence-corrected chi connectivity index (χ0v) is 13.1. The van der Waals surface area contributed by atoms with E-state index >= 15 is 0 Å².